The second-order valence-corrected chi connectivity index (χ2v) is 10.3. The molecule has 4 N–H and O–H groups in total. The highest BCUT2D eigenvalue weighted by atomic mass is 31.2. The first-order valence-corrected chi connectivity index (χ1v) is 12.9. The number of piperidine rings is 1. The summed E-state index contributed by atoms with van der Waals surface area (Å²) in [6.45, 7) is 2.50. The van der Waals surface area contributed by atoms with Gasteiger partial charge >= 0.3 is 13.8 Å². The van der Waals surface area contributed by atoms with Crippen molar-refractivity contribution in [1.29, 1.82) is 0 Å². The summed E-state index contributed by atoms with van der Waals surface area (Å²) in [7, 11) is -1.04. The van der Waals surface area contributed by atoms with Gasteiger partial charge in [0.05, 0.1) is 18.0 Å². The second-order valence-electron chi connectivity index (χ2n) is 9.32. The average Bonchev–Trinajstić information content (AvgIpc) is 3.50. The van der Waals surface area contributed by atoms with Crippen molar-refractivity contribution >= 4 is 30.4 Å². The SMILES string of the molecule is COc1c(N2C[C@@H]3CCCN(C)[C@@H]3C2)c(F)cc2c(=O)c(C(=O)O)cn(C3CC3)c12.O=P(O)(O)O. The molecule has 0 unspecified atom stereocenters. The van der Waals surface area contributed by atoms with E-state index in [1.165, 1.54) is 19.4 Å². The van der Waals surface area contributed by atoms with Crippen molar-refractivity contribution in [2.24, 2.45) is 5.92 Å². The maximum absolute atomic E-state index is 15.4. The fourth-order valence-electron chi connectivity index (χ4n) is 5.31. The number of carboxylic acids is 1. The number of fused-ring (bicyclic) bond motifs is 2. The summed E-state index contributed by atoms with van der Waals surface area (Å²) in [5.41, 5.74) is -0.135. The Labute approximate surface area is 200 Å². The number of pyridine rings is 1. The summed E-state index contributed by atoms with van der Waals surface area (Å²) in [5, 5.41) is 9.53. The highest BCUT2D eigenvalue weighted by Gasteiger charge is 2.40. The minimum absolute atomic E-state index is 0.0635. The lowest BCUT2D eigenvalue weighted by molar-refractivity contribution is 0.0694. The third-order valence-electron chi connectivity index (χ3n) is 6.95. The molecule has 0 amide bonds. The Morgan fingerprint density at radius 2 is 1.86 bits per heavy atom. The number of ether oxygens (including phenoxy) is 1. The molecular weight excluding hydrogens is 484 g/mol. The largest absolute Gasteiger partial charge is 0.492 e. The number of likely N-dealkylation sites (tertiary alicyclic amines) is 1. The van der Waals surface area contributed by atoms with E-state index in [1.807, 2.05) is 4.90 Å². The molecule has 13 heteroatoms. The Balaban J connectivity index is 0.000000527. The molecule has 0 bridgehead atoms. The van der Waals surface area contributed by atoms with Crippen LogP contribution in [-0.2, 0) is 4.57 Å². The molecule has 0 spiro atoms. The van der Waals surface area contributed by atoms with Crippen LogP contribution >= 0.6 is 7.82 Å². The van der Waals surface area contributed by atoms with E-state index < -0.39 is 25.0 Å². The molecule has 2 aromatic rings. The van der Waals surface area contributed by atoms with Crippen LogP contribution in [0.3, 0.4) is 0 Å². The first-order chi connectivity index (χ1) is 16.4. The van der Waals surface area contributed by atoms with E-state index in [-0.39, 0.29) is 17.0 Å². The minimum Gasteiger partial charge on any atom is -0.492 e. The first-order valence-electron chi connectivity index (χ1n) is 11.3. The highest BCUT2D eigenvalue weighted by molar-refractivity contribution is 7.45. The number of anilines is 1. The third-order valence-corrected chi connectivity index (χ3v) is 6.95. The lowest BCUT2D eigenvalue weighted by atomic mass is 9.93. The van der Waals surface area contributed by atoms with E-state index in [9.17, 15) is 14.7 Å². The van der Waals surface area contributed by atoms with Crippen molar-refractivity contribution in [3.05, 3.63) is 33.9 Å². The van der Waals surface area contributed by atoms with Crippen LogP contribution in [0, 0.1) is 11.7 Å². The number of benzene rings is 1. The van der Waals surface area contributed by atoms with Crippen LogP contribution < -0.4 is 15.1 Å². The molecule has 5 rings (SSSR count). The van der Waals surface area contributed by atoms with Gasteiger partial charge in [0.1, 0.15) is 11.3 Å². The molecule has 1 aromatic heterocycles. The maximum Gasteiger partial charge on any atom is 0.466 e. The number of methoxy groups -OCH3 is 1. The van der Waals surface area contributed by atoms with E-state index in [1.54, 1.807) is 4.57 Å². The van der Waals surface area contributed by atoms with Gasteiger partial charge in [0.15, 0.2) is 11.6 Å². The third kappa shape index (κ3) is 5.22. The predicted molar refractivity (Wildman–Crippen MR) is 126 cm³/mol. The molecule has 2 saturated heterocycles. The van der Waals surface area contributed by atoms with E-state index in [4.69, 9.17) is 24.0 Å². The molecule has 3 fully saturated rings. The number of hydrogen-bond donors (Lipinski definition) is 4. The molecule has 11 nitrogen and oxygen atoms in total. The summed E-state index contributed by atoms with van der Waals surface area (Å²) in [4.78, 5) is 50.4. The monoisotopic (exact) mass is 513 g/mol. The van der Waals surface area contributed by atoms with Crippen molar-refractivity contribution in [2.75, 3.05) is 38.7 Å². The van der Waals surface area contributed by atoms with Crippen molar-refractivity contribution < 1.29 is 38.3 Å². The van der Waals surface area contributed by atoms with E-state index in [2.05, 4.69) is 11.9 Å². The van der Waals surface area contributed by atoms with Gasteiger partial charge in [-0.05, 0) is 51.3 Å². The Hall–Kier alpha value is -2.50. The Morgan fingerprint density at radius 1 is 1.20 bits per heavy atom. The summed E-state index contributed by atoms with van der Waals surface area (Å²) in [5.74, 6) is -1.04. The molecule has 3 heterocycles. The fourth-order valence-corrected chi connectivity index (χ4v) is 5.31. The number of hydrogen-bond acceptors (Lipinski definition) is 6. The van der Waals surface area contributed by atoms with Crippen LogP contribution in [0.4, 0.5) is 10.1 Å². The molecule has 2 atom stereocenters. The van der Waals surface area contributed by atoms with Gasteiger partial charge in [0, 0.05) is 31.4 Å². The summed E-state index contributed by atoms with van der Waals surface area (Å²) in [6.07, 6.45) is 5.45. The quantitative estimate of drug-likeness (QED) is 0.445. The number of phosphoric acid groups is 1. The van der Waals surface area contributed by atoms with Crippen molar-refractivity contribution in [1.82, 2.24) is 9.47 Å². The predicted octanol–water partition coefficient (Wildman–Crippen LogP) is 1.78. The van der Waals surface area contributed by atoms with Gasteiger partial charge in [-0.2, -0.15) is 0 Å². The van der Waals surface area contributed by atoms with Gasteiger partial charge < -0.3 is 38.9 Å². The van der Waals surface area contributed by atoms with Gasteiger partial charge in [-0.1, -0.05) is 0 Å². The molecule has 1 aliphatic carbocycles. The summed E-state index contributed by atoms with van der Waals surface area (Å²) >= 11 is 0. The molecule has 1 saturated carbocycles. The van der Waals surface area contributed by atoms with Gasteiger partial charge in [-0.25, -0.2) is 13.8 Å². The smallest absolute Gasteiger partial charge is 0.466 e. The number of carboxylic acid groups (broad SMARTS) is 1. The normalized spacial score (nSPS) is 22.5. The zero-order valence-corrected chi connectivity index (χ0v) is 20.3. The first kappa shape index (κ1) is 25.6. The lowest BCUT2D eigenvalue weighted by Gasteiger charge is -2.33. The van der Waals surface area contributed by atoms with Crippen LogP contribution in [0.1, 0.15) is 42.1 Å². The standard InChI is InChI=1S/C22H26FN3O4.H3O4P/c1-24-7-3-4-12-9-25(11-17(12)24)19-16(23)8-14-18(21(19)30-2)26(13-5-6-13)10-15(20(14)27)22(28)29;1-5(2,3)4/h8,10,12-13,17H,3-7,9,11H2,1-2H3,(H,28,29);(H3,1,2,3,4)/t12-,17+;/m0./s1. The lowest BCUT2D eigenvalue weighted by Crippen LogP contribution is -2.42. The number of nitrogens with zero attached hydrogens (tertiary/aromatic N) is 3. The average molecular weight is 513 g/mol. The fraction of sp³-hybridized carbons (Fsp3) is 0.545. The number of rotatable bonds is 4. The zero-order valence-electron chi connectivity index (χ0n) is 19.4. The Kier molecular flexibility index (Phi) is 6.96. The van der Waals surface area contributed by atoms with Gasteiger partial charge in [0.25, 0.3) is 0 Å². The molecular formula is C22H29FN3O8P. The van der Waals surface area contributed by atoms with E-state index >= 15 is 4.39 Å². The minimum atomic E-state index is -4.64. The van der Waals surface area contributed by atoms with Gasteiger partial charge in [-0.3, -0.25) is 4.79 Å². The van der Waals surface area contributed by atoms with Crippen LogP contribution in [0.15, 0.2) is 17.1 Å². The number of likely N-dealkylation sites (N-methyl/N-ethyl adjacent to an activating group) is 1. The van der Waals surface area contributed by atoms with Crippen molar-refractivity contribution in [3.63, 3.8) is 0 Å². The Morgan fingerprint density at radius 3 is 2.40 bits per heavy atom. The van der Waals surface area contributed by atoms with Crippen molar-refractivity contribution in [2.45, 2.75) is 37.8 Å². The number of carbonyl (C=O) groups is 1. The summed E-state index contributed by atoms with van der Waals surface area (Å²) in [6, 6.07) is 1.68. The van der Waals surface area contributed by atoms with Gasteiger partial charge in [0.2, 0.25) is 5.43 Å². The van der Waals surface area contributed by atoms with Crippen LogP contribution in [-0.4, -0.2) is 75.1 Å². The Bertz CT molecular complexity index is 1250. The van der Waals surface area contributed by atoms with Crippen LogP contribution in [0.2, 0.25) is 0 Å². The molecule has 35 heavy (non-hydrogen) atoms. The van der Waals surface area contributed by atoms with Crippen molar-refractivity contribution in [3.8, 4) is 5.75 Å². The van der Waals surface area contributed by atoms with Crippen LogP contribution in [0.25, 0.3) is 10.9 Å². The molecule has 3 aliphatic rings. The molecule has 0 radical (unpaired) electrons. The number of aromatic carboxylic acids is 1. The van der Waals surface area contributed by atoms with Gasteiger partial charge in [-0.15, -0.1) is 0 Å². The number of aromatic nitrogens is 1. The molecule has 2 aliphatic heterocycles. The second kappa shape index (κ2) is 9.51. The highest BCUT2D eigenvalue weighted by Crippen LogP contribution is 2.45. The topological polar surface area (TPSA) is 153 Å². The maximum atomic E-state index is 15.4. The molecule has 192 valence electrons. The van der Waals surface area contributed by atoms with Crippen LogP contribution in [0.5, 0.6) is 5.75 Å². The number of halogens is 1. The van der Waals surface area contributed by atoms with E-state index in [0.29, 0.717) is 35.5 Å². The molecule has 1 aromatic carbocycles. The summed E-state index contributed by atoms with van der Waals surface area (Å²) < 4.78 is 31.8. The van der Waals surface area contributed by atoms with E-state index in [0.717, 1.165) is 38.8 Å². The zero-order chi connectivity index (χ0) is 25.7.